The van der Waals surface area contributed by atoms with Gasteiger partial charge in [-0.25, -0.2) is 4.98 Å². The topological polar surface area (TPSA) is 59.1 Å². The first-order valence-electron chi connectivity index (χ1n) is 6.56. The molecule has 108 valence electrons. The third-order valence-electron chi connectivity index (χ3n) is 2.87. The van der Waals surface area contributed by atoms with E-state index in [1.165, 1.54) is 18.7 Å². The molecule has 5 heteroatoms. The van der Waals surface area contributed by atoms with E-state index in [0.717, 1.165) is 5.03 Å². The summed E-state index contributed by atoms with van der Waals surface area (Å²) in [6, 6.07) is 12.6. The van der Waals surface area contributed by atoms with Gasteiger partial charge in [0.05, 0.1) is 16.0 Å². The smallest absolute Gasteiger partial charge is 0.237 e. The van der Waals surface area contributed by atoms with E-state index < -0.39 is 0 Å². The van der Waals surface area contributed by atoms with Crippen LogP contribution in [0.4, 0.5) is 5.69 Å². The zero-order chi connectivity index (χ0) is 15.2. The monoisotopic (exact) mass is 300 g/mol. The first-order valence-corrected chi connectivity index (χ1v) is 7.44. The van der Waals surface area contributed by atoms with E-state index in [1.807, 2.05) is 25.1 Å². The second-order valence-electron chi connectivity index (χ2n) is 4.52. The number of hydrogen-bond donors (Lipinski definition) is 1. The van der Waals surface area contributed by atoms with Crippen LogP contribution in [0.2, 0.25) is 0 Å². The third kappa shape index (κ3) is 4.16. The minimum atomic E-state index is -0.306. The number of para-hydroxylation sites is 1. The third-order valence-corrected chi connectivity index (χ3v) is 3.92. The first-order chi connectivity index (χ1) is 10.1. The first kappa shape index (κ1) is 15.3. The Morgan fingerprint density at radius 2 is 1.86 bits per heavy atom. The Morgan fingerprint density at radius 1 is 1.14 bits per heavy atom. The number of carbonyl (C=O) groups excluding carboxylic acids is 2. The summed E-state index contributed by atoms with van der Waals surface area (Å²) in [5, 5.41) is 3.29. The molecule has 0 spiro atoms. The molecular weight excluding hydrogens is 284 g/mol. The summed E-state index contributed by atoms with van der Waals surface area (Å²) in [4.78, 5) is 27.9. The lowest BCUT2D eigenvalue weighted by Crippen LogP contribution is -2.23. The molecule has 1 N–H and O–H groups in total. The number of hydrogen-bond acceptors (Lipinski definition) is 4. The highest BCUT2D eigenvalue weighted by Gasteiger charge is 2.17. The zero-order valence-corrected chi connectivity index (χ0v) is 12.7. The highest BCUT2D eigenvalue weighted by atomic mass is 32.2. The molecule has 0 aliphatic rings. The number of thioether (sulfide) groups is 1. The lowest BCUT2D eigenvalue weighted by molar-refractivity contribution is -0.115. The van der Waals surface area contributed by atoms with Gasteiger partial charge in [0.2, 0.25) is 5.91 Å². The van der Waals surface area contributed by atoms with Crippen LogP contribution in [0, 0.1) is 0 Å². The molecule has 1 amide bonds. The Morgan fingerprint density at radius 3 is 2.52 bits per heavy atom. The van der Waals surface area contributed by atoms with E-state index in [9.17, 15) is 9.59 Å². The summed E-state index contributed by atoms with van der Waals surface area (Å²) >= 11 is 1.38. The lowest BCUT2D eigenvalue weighted by atomic mass is 10.1. The number of amides is 1. The molecule has 21 heavy (non-hydrogen) atoms. The highest BCUT2D eigenvalue weighted by molar-refractivity contribution is 8.00. The maximum absolute atomic E-state index is 12.2. The van der Waals surface area contributed by atoms with Crippen molar-refractivity contribution in [3.63, 3.8) is 0 Å². The maximum atomic E-state index is 12.2. The van der Waals surface area contributed by atoms with Crippen molar-refractivity contribution >= 4 is 29.1 Å². The molecule has 1 aromatic carbocycles. The molecule has 1 heterocycles. The lowest BCUT2D eigenvalue weighted by Gasteiger charge is -2.13. The van der Waals surface area contributed by atoms with Gasteiger partial charge in [-0.2, -0.15) is 0 Å². The van der Waals surface area contributed by atoms with Gasteiger partial charge in [0.25, 0.3) is 0 Å². The molecular formula is C16H16N2O2S. The number of Topliss-reactive ketones (excluding diaryl/α,β-unsaturated/α-hetero) is 1. The van der Waals surface area contributed by atoms with Crippen molar-refractivity contribution in [2.75, 3.05) is 5.32 Å². The second-order valence-corrected chi connectivity index (χ2v) is 5.88. The molecule has 1 atom stereocenters. The van der Waals surface area contributed by atoms with E-state index in [4.69, 9.17) is 0 Å². The van der Waals surface area contributed by atoms with Crippen LogP contribution in [0.5, 0.6) is 0 Å². The van der Waals surface area contributed by atoms with Gasteiger partial charge in [-0.1, -0.05) is 30.0 Å². The zero-order valence-electron chi connectivity index (χ0n) is 11.9. The van der Waals surface area contributed by atoms with E-state index in [0.29, 0.717) is 11.3 Å². The molecule has 0 aliphatic carbocycles. The normalized spacial score (nSPS) is 11.7. The predicted molar refractivity (Wildman–Crippen MR) is 84.6 cm³/mol. The van der Waals surface area contributed by atoms with Gasteiger partial charge in [0.15, 0.2) is 5.78 Å². The van der Waals surface area contributed by atoms with Crippen molar-refractivity contribution in [3.8, 4) is 0 Å². The van der Waals surface area contributed by atoms with Crippen LogP contribution < -0.4 is 5.32 Å². The fourth-order valence-electron chi connectivity index (χ4n) is 1.78. The van der Waals surface area contributed by atoms with Crippen LogP contribution in [0.25, 0.3) is 0 Å². The van der Waals surface area contributed by atoms with Gasteiger partial charge >= 0.3 is 0 Å². The minimum Gasteiger partial charge on any atom is -0.324 e. The summed E-state index contributed by atoms with van der Waals surface area (Å²) in [6.07, 6.45) is 1.69. The van der Waals surface area contributed by atoms with Gasteiger partial charge < -0.3 is 5.32 Å². The van der Waals surface area contributed by atoms with Crippen LogP contribution in [0.1, 0.15) is 24.2 Å². The van der Waals surface area contributed by atoms with Crippen LogP contribution in [0.15, 0.2) is 53.7 Å². The summed E-state index contributed by atoms with van der Waals surface area (Å²) < 4.78 is 0. The van der Waals surface area contributed by atoms with Gasteiger partial charge in [-0.3, -0.25) is 9.59 Å². The van der Waals surface area contributed by atoms with Crippen molar-refractivity contribution in [3.05, 3.63) is 54.2 Å². The molecule has 2 aromatic rings. The van der Waals surface area contributed by atoms with Gasteiger partial charge in [-0.15, -0.1) is 0 Å². The van der Waals surface area contributed by atoms with Crippen LogP contribution in [0.3, 0.4) is 0 Å². The number of benzene rings is 1. The largest absolute Gasteiger partial charge is 0.324 e. The van der Waals surface area contributed by atoms with Crippen LogP contribution in [-0.4, -0.2) is 21.9 Å². The molecule has 4 nitrogen and oxygen atoms in total. The number of anilines is 1. The van der Waals surface area contributed by atoms with Gasteiger partial charge in [-0.05, 0) is 38.1 Å². The molecule has 1 aromatic heterocycles. The summed E-state index contributed by atoms with van der Waals surface area (Å²) in [7, 11) is 0. The van der Waals surface area contributed by atoms with E-state index in [2.05, 4.69) is 10.3 Å². The molecule has 0 unspecified atom stereocenters. The summed E-state index contributed by atoms with van der Waals surface area (Å²) in [6.45, 7) is 3.29. The Bertz CT molecular complexity index is 644. The standard InChI is InChI=1S/C16H16N2O2S/c1-11(19)13-7-3-4-8-14(13)18-16(20)12(2)21-15-9-5-6-10-17-15/h3-10,12H,1-2H3,(H,18,20)/t12-/m1/s1. The van der Waals surface area contributed by atoms with Crippen molar-refractivity contribution in [2.45, 2.75) is 24.1 Å². The SMILES string of the molecule is CC(=O)c1ccccc1NC(=O)[C@@H](C)Sc1ccccn1. The fourth-order valence-corrected chi connectivity index (χ4v) is 2.59. The summed E-state index contributed by atoms with van der Waals surface area (Å²) in [5.74, 6) is -0.227. The van der Waals surface area contributed by atoms with E-state index >= 15 is 0 Å². The van der Waals surface area contributed by atoms with Crippen molar-refractivity contribution in [1.29, 1.82) is 0 Å². The molecule has 0 bridgehead atoms. The molecule has 0 saturated carbocycles. The molecule has 2 rings (SSSR count). The Labute approximate surface area is 128 Å². The Hall–Kier alpha value is -2.14. The second kappa shape index (κ2) is 7.04. The molecule has 0 saturated heterocycles. The van der Waals surface area contributed by atoms with Crippen molar-refractivity contribution in [2.24, 2.45) is 0 Å². The number of pyridine rings is 1. The number of nitrogens with one attached hydrogen (secondary N) is 1. The number of ketones is 1. The molecule has 0 fully saturated rings. The number of aromatic nitrogens is 1. The van der Waals surface area contributed by atoms with Crippen molar-refractivity contribution in [1.82, 2.24) is 4.98 Å². The average molecular weight is 300 g/mol. The molecule has 0 radical (unpaired) electrons. The maximum Gasteiger partial charge on any atom is 0.237 e. The van der Waals surface area contributed by atoms with Crippen LogP contribution in [-0.2, 0) is 4.79 Å². The highest BCUT2D eigenvalue weighted by Crippen LogP contribution is 2.23. The van der Waals surface area contributed by atoms with Gasteiger partial charge in [0, 0.05) is 11.8 Å². The number of carbonyl (C=O) groups is 2. The fraction of sp³-hybridized carbons (Fsp3) is 0.188. The number of rotatable bonds is 5. The minimum absolute atomic E-state index is 0.0732. The quantitative estimate of drug-likeness (QED) is 0.679. The molecule has 0 aliphatic heterocycles. The predicted octanol–water partition coefficient (Wildman–Crippen LogP) is 3.40. The average Bonchev–Trinajstić information content (AvgIpc) is 2.48. The Balaban J connectivity index is 2.06. The van der Waals surface area contributed by atoms with Crippen molar-refractivity contribution < 1.29 is 9.59 Å². The number of nitrogens with zero attached hydrogens (tertiary/aromatic N) is 1. The Kier molecular flexibility index (Phi) is 5.11. The summed E-state index contributed by atoms with van der Waals surface area (Å²) in [5.41, 5.74) is 1.06. The van der Waals surface area contributed by atoms with E-state index in [-0.39, 0.29) is 16.9 Å². The van der Waals surface area contributed by atoms with Gasteiger partial charge in [0.1, 0.15) is 0 Å². The van der Waals surface area contributed by atoms with E-state index in [1.54, 1.807) is 30.5 Å². The van der Waals surface area contributed by atoms with Crippen LogP contribution >= 0.6 is 11.8 Å².